The molecule has 1 aliphatic carbocycles. The number of halogens is 4. The molecule has 1 saturated carbocycles. The van der Waals surface area contributed by atoms with Gasteiger partial charge in [0.1, 0.15) is 5.82 Å². The van der Waals surface area contributed by atoms with Crippen LogP contribution >= 0.6 is 0 Å². The van der Waals surface area contributed by atoms with Crippen molar-refractivity contribution in [2.45, 2.75) is 50.5 Å². The topological polar surface area (TPSA) is 48.5 Å². The van der Waals surface area contributed by atoms with E-state index in [0.29, 0.717) is 22.9 Å². The number of nitrogens with one attached hydrogen (secondary N) is 1. The third-order valence-corrected chi connectivity index (χ3v) is 6.61. The molecule has 0 unspecified atom stereocenters. The number of carbonyl (C=O) groups is 1. The first kappa shape index (κ1) is 21.0. The molecule has 5 nitrogen and oxygen atoms in total. The van der Waals surface area contributed by atoms with Crippen molar-refractivity contribution in [3.05, 3.63) is 42.1 Å². The molecule has 2 fully saturated rings. The lowest BCUT2D eigenvalue weighted by Crippen LogP contribution is -2.39. The van der Waals surface area contributed by atoms with Crippen molar-refractivity contribution in [1.29, 1.82) is 0 Å². The summed E-state index contributed by atoms with van der Waals surface area (Å²) in [6, 6.07) is 8.90. The van der Waals surface area contributed by atoms with Crippen molar-refractivity contribution in [2.24, 2.45) is 5.92 Å². The van der Waals surface area contributed by atoms with Crippen molar-refractivity contribution in [1.82, 2.24) is 4.98 Å². The minimum Gasteiger partial charge on any atom is -0.365 e. The first-order valence-electron chi connectivity index (χ1n) is 10.9. The van der Waals surface area contributed by atoms with Crippen LogP contribution in [0.15, 0.2) is 36.5 Å². The second kappa shape index (κ2) is 7.64. The van der Waals surface area contributed by atoms with Crippen LogP contribution in [0.4, 0.5) is 40.4 Å². The van der Waals surface area contributed by atoms with E-state index in [-0.39, 0.29) is 57.6 Å². The number of amides is 1. The summed E-state index contributed by atoms with van der Waals surface area (Å²) in [6.45, 7) is 0.0911. The van der Waals surface area contributed by atoms with Crippen molar-refractivity contribution in [3.63, 3.8) is 0 Å². The molecule has 2 aliphatic heterocycles. The fourth-order valence-corrected chi connectivity index (χ4v) is 4.77. The highest BCUT2D eigenvalue weighted by Crippen LogP contribution is 2.42. The van der Waals surface area contributed by atoms with Crippen molar-refractivity contribution in [2.75, 3.05) is 28.2 Å². The summed E-state index contributed by atoms with van der Waals surface area (Å²) < 4.78 is 54.9. The number of carbonyl (C=O) groups excluding carboxylic acids is 1. The Bertz CT molecular complexity index is 1030. The van der Waals surface area contributed by atoms with Crippen LogP contribution in [0.5, 0.6) is 0 Å². The molecule has 3 heterocycles. The Hall–Kier alpha value is -2.84. The van der Waals surface area contributed by atoms with Crippen LogP contribution in [0.2, 0.25) is 0 Å². The Morgan fingerprint density at radius 1 is 1.06 bits per heavy atom. The van der Waals surface area contributed by atoms with Gasteiger partial charge in [-0.05, 0) is 37.1 Å². The molecular formula is C23H24F4N4O. The van der Waals surface area contributed by atoms with Gasteiger partial charge in [0.15, 0.2) is 0 Å². The maximum atomic E-state index is 13.8. The third kappa shape index (κ3) is 4.00. The van der Waals surface area contributed by atoms with Crippen LogP contribution in [-0.4, -0.2) is 35.8 Å². The number of hydrogen-bond acceptors (Lipinski definition) is 4. The maximum absolute atomic E-state index is 13.8. The van der Waals surface area contributed by atoms with Gasteiger partial charge in [-0.15, -0.1) is 0 Å². The van der Waals surface area contributed by atoms with E-state index in [4.69, 9.17) is 0 Å². The summed E-state index contributed by atoms with van der Waals surface area (Å²) in [4.78, 5) is 21.1. The Balaban J connectivity index is 1.51. The molecule has 0 bridgehead atoms. The predicted molar refractivity (Wildman–Crippen MR) is 114 cm³/mol. The van der Waals surface area contributed by atoms with Gasteiger partial charge in [0.2, 0.25) is 11.8 Å². The van der Waals surface area contributed by atoms with Gasteiger partial charge in [0, 0.05) is 49.2 Å². The summed E-state index contributed by atoms with van der Waals surface area (Å²) >= 11 is 0. The molecule has 1 amide bonds. The molecule has 0 spiro atoms. The highest BCUT2D eigenvalue weighted by atomic mass is 19.3. The van der Waals surface area contributed by atoms with Crippen molar-refractivity contribution in [3.8, 4) is 0 Å². The van der Waals surface area contributed by atoms with Crippen LogP contribution in [0.1, 0.15) is 37.7 Å². The minimum atomic E-state index is -2.74. The number of benzene rings is 1. The summed E-state index contributed by atoms with van der Waals surface area (Å²) in [5.74, 6) is -5.57. The van der Waals surface area contributed by atoms with Gasteiger partial charge in [0.25, 0.3) is 5.92 Å². The minimum absolute atomic E-state index is 0.128. The van der Waals surface area contributed by atoms with E-state index < -0.39 is 17.8 Å². The average molecular weight is 448 g/mol. The maximum Gasteiger partial charge on any atom is 0.266 e. The van der Waals surface area contributed by atoms with Gasteiger partial charge in [0.05, 0.1) is 24.5 Å². The lowest BCUT2D eigenvalue weighted by atomic mass is 9.85. The van der Waals surface area contributed by atoms with Crippen LogP contribution in [0, 0.1) is 5.92 Å². The molecule has 5 rings (SSSR count). The first-order valence-corrected chi connectivity index (χ1v) is 10.9. The number of anilines is 4. The van der Waals surface area contributed by atoms with Gasteiger partial charge >= 0.3 is 0 Å². The Morgan fingerprint density at radius 2 is 1.84 bits per heavy atom. The standard InChI is InChI=1S/C23H24F4N4O/c24-22(25)7-5-15(6-8-22)21(32)31-13-16-2-1-10-28-20(16)29-18-4-3-17(12-19(18)31)30-11-9-23(26,27)14-30/h1-4,10,12,15H,5-9,11,13-14H2,(H,28,29). The van der Waals surface area contributed by atoms with Crippen LogP contribution in [0.3, 0.4) is 0 Å². The molecule has 0 atom stereocenters. The number of pyridine rings is 1. The summed E-state index contributed by atoms with van der Waals surface area (Å²) in [7, 11) is 0. The van der Waals surface area contributed by atoms with E-state index in [1.54, 1.807) is 40.3 Å². The van der Waals surface area contributed by atoms with Crippen molar-refractivity contribution >= 4 is 28.8 Å². The Kier molecular flexibility index (Phi) is 5.02. The molecule has 170 valence electrons. The van der Waals surface area contributed by atoms with Gasteiger partial charge in [-0.25, -0.2) is 22.5 Å². The molecule has 9 heteroatoms. The number of hydrogen-bond donors (Lipinski definition) is 1. The van der Waals surface area contributed by atoms with Gasteiger partial charge in [-0.2, -0.15) is 0 Å². The molecule has 1 saturated heterocycles. The van der Waals surface area contributed by atoms with E-state index in [1.807, 2.05) is 6.07 Å². The van der Waals surface area contributed by atoms with E-state index >= 15 is 0 Å². The lowest BCUT2D eigenvalue weighted by Gasteiger charge is -2.32. The molecule has 0 radical (unpaired) electrons. The van der Waals surface area contributed by atoms with Crippen LogP contribution in [-0.2, 0) is 11.3 Å². The van der Waals surface area contributed by atoms with Crippen LogP contribution in [0.25, 0.3) is 0 Å². The number of nitrogens with zero attached hydrogens (tertiary/aromatic N) is 3. The average Bonchev–Trinajstić information content (AvgIpc) is 3.03. The molecule has 3 aliphatic rings. The molecule has 32 heavy (non-hydrogen) atoms. The zero-order valence-electron chi connectivity index (χ0n) is 17.5. The second-order valence-electron chi connectivity index (χ2n) is 8.92. The zero-order chi connectivity index (χ0) is 22.5. The monoisotopic (exact) mass is 448 g/mol. The van der Waals surface area contributed by atoms with Gasteiger partial charge < -0.3 is 15.1 Å². The predicted octanol–water partition coefficient (Wildman–Crippen LogP) is 5.34. The third-order valence-electron chi connectivity index (χ3n) is 6.61. The fourth-order valence-electron chi connectivity index (χ4n) is 4.77. The smallest absolute Gasteiger partial charge is 0.266 e. The Labute approximate surface area is 183 Å². The number of rotatable bonds is 2. The molecular weight excluding hydrogens is 424 g/mol. The van der Waals surface area contributed by atoms with E-state index in [2.05, 4.69) is 10.3 Å². The quantitative estimate of drug-likeness (QED) is 0.630. The van der Waals surface area contributed by atoms with E-state index in [9.17, 15) is 22.4 Å². The Morgan fingerprint density at radius 3 is 2.56 bits per heavy atom. The number of alkyl halides is 4. The number of fused-ring (bicyclic) bond motifs is 2. The second-order valence-corrected chi connectivity index (χ2v) is 8.92. The summed E-state index contributed by atoms with van der Waals surface area (Å²) in [5, 5.41) is 3.25. The van der Waals surface area contributed by atoms with E-state index in [0.717, 1.165) is 5.56 Å². The SMILES string of the molecule is O=C(C1CCC(F)(F)CC1)N1Cc2cccnc2Nc2ccc(N3CCC(F)(F)C3)cc21. The van der Waals surface area contributed by atoms with E-state index in [1.165, 1.54) is 0 Å². The summed E-state index contributed by atoms with van der Waals surface area (Å²) in [6.07, 6.45) is 1.09. The summed E-state index contributed by atoms with van der Waals surface area (Å²) in [5.41, 5.74) is 2.59. The lowest BCUT2D eigenvalue weighted by molar-refractivity contribution is -0.126. The fraction of sp³-hybridized carbons (Fsp3) is 0.478. The van der Waals surface area contributed by atoms with Crippen LogP contribution < -0.4 is 15.1 Å². The molecule has 1 aromatic heterocycles. The largest absolute Gasteiger partial charge is 0.365 e. The number of aromatic nitrogens is 1. The first-order chi connectivity index (χ1) is 15.2. The normalized spacial score (nSPS) is 22.0. The van der Waals surface area contributed by atoms with Gasteiger partial charge in [-0.3, -0.25) is 4.79 Å². The van der Waals surface area contributed by atoms with Gasteiger partial charge in [-0.1, -0.05) is 6.07 Å². The molecule has 1 N–H and O–H groups in total. The molecule has 1 aromatic carbocycles. The molecule has 2 aromatic rings. The highest BCUT2D eigenvalue weighted by molar-refractivity contribution is 6.00. The van der Waals surface area contributed by atoms with Crippen molar-refractivity contribution < 1.29 is 22.4 Å². The zero-order valence-corrected chi connectivity index (χ0v) is 17.5. The highest BCUT2D eigenvalue weighted by Gasteiger charge is 2.41.